The number of hydrogen-bond donors (Lipinski definition) is 2. The molecular formula is C16H24ClN3O. The van der Waals surface area contributed by atoms with Gasteiger partial charge in [-0.1, -0.05) is 25.4 Å². The second-order valence-corrected chi connectivity index (χ2v) is 6.36. The number of rotatable bonds is 5. The van der Waals surface area contributed by atoms with Crippen molar-refractivity contribution >= 4 is 28.9 Å². The number of nitrogens with one attached hydrogen (secondary N) is 1. The van der Waals surface area contributed by atoms with Gasteiger partial charge in [-0.25, -0.2) is 0 Å². The number of benzene rings is 1. The molecule has 0 aromatic heterocycles. The number of nitrogens with zero attached hydrogens (tertiary/aromatic N) is 1. The van der Waals surface area contributed by atoms with Gasteiger partial charge in [0.1, 0.15) is 0 Å². The van der Waals surface area contributed by atoms with E-state index in [0.717, 1.165) is 13.1 Å². The lowest BCUT2D eigenvalue weighted by Gasteiger charge is -2.26. The number of halogens is 1. The van der Waals surface area contributed by atoms with Crippen molar-refractivity contribution < 1.29 is 4.79 Å². The van der Waals surface area contributed by atoms with Crippen LogP contribution in [0.4, 0.5) is 11.4 Å². The zero-order chi connectivity index (χ0) is 15.5. The van der Waals surface area contributed by atoms with Crippen molar-refractivity contribution in [2.45, 2.75) is 33.1 Å². The molecule has 1 heterocycles. The van der Waals surface area contributed by atoms with E-state index in [0.29, 0.717) is 28.4 Å². The van der Waals surface area contributed by atoms with Gasteiger partial charge in [0.05, 0.1) is 17.3 Å². The normalized spacial score (nSPS) is 17.9. The highest BCUT2D eigenvalue weighted by Crippen LogP contribution is 2.36. The Hall–Kier alpha value is -1.26. The van der Waals surface area contributed by atoms with Gasteiger partial charge in [0.2, 0.25) is 5.91 Å². The van der Waals surface area contributed by atoms with E-state index in [4.69, 9.17) is 17.3 Å². The van der Waals surface area contributed by atoms with E-state index in [9.17, 15) is 4.79 Å². The van der Waals surface area contributed by atoms with Crippen molar-refractivity contribution in [3.8, 4) is 0 Å². The summed E-state index contributed by atoms with van der Waals surface area (Å²) in [4.78, 5) is 14.4. The molecule has 1 amide bonds. The molecule has 1 saturated heterocycles. The molecule has 21 heavy (non-hydrogen) atoms. The Morgan fingerprint density at radius 2 is 2.14 bits per heavy atom. The zero-order valence-electron chi connectivity index (χ0n) is 12.8. The van der Waals surface area contributed by atoms with Crippen molar-refractivity contribution in [1.29, 1.82) is 0 Å². The smallest absolute Gasteiger partial charge is 0.238 e. The highest BCUT2D eigenvalue weighted by molar-refractivity contribution is 6.33. The summed E-state index contributed by atoms with van der Waals surface area (Å²) in [5.41, 5.74) is 7.27. The van der Waals surface area contributed by atoms with Crippen LogP contribution < -0.4 is 11.1 Å². The number of amides is 1. The highest BCUT2D eigenvalue weighted by atomic mass is 35.5. The molecule has 116 valence electrons. The summed E-state index contributed by atoms with van der Waals surface area (Å²) in [6.07, 6.45) is 3.51. The van der Waals surface area contributed by atoms with Gasteiger partial charge in [-0.15, -0.1) is 0 Å². The molecule has 0 bridgehead atoms. The van der Waals surface area contributed by atoms with E-state index in [-0.39, 0.29) is 5.91 Å². The second kappa shape index (κ2) is 6.67. The van der Waals surface area contributed by atoms with E-state index in [2.05, 4.69) is 24.1 Å². The van der Waals surface area contributed by atoms with Crippen LogP contribution >= 0.6 is 11.6 Å². The molecule has 5 heteroatoms. The Kier molecular flexibility index (Phi) is 5.12. The van der Waals surface area contributed by atoms with E-state index >= 15 is 0 Å². The van der Waals surface area contributed by atoms with E-state index in [1.807, 2.05) is 0 Å². The number of carbonyl (C=O) groups is 1. The minimum atomic E-state index is -0.0366. The molecule has 1 aromatic rings. The van der Waals surface area contributed by atoms with Crippen LogP contribution in [-0.4, -0.2) is 30.4 Å². The van der Waals surface area contributed by atoms with Crippen molar-refractivity contribution in [3.63, 3.8) is 0 Å². The molecule has 1 aliphatic rings. The fourth-order valence-electron chi connectivity index (χ4n) is 3.02. The predicted octanol–water partition coefficient (Wildman–Crippen LogP) is 3.37. The lowest BCUT2D eigenvalue weighted by atomic mass is 9.82. The highest BCUT2D eigenvalue weighted by Gasteiger charge is 2.35. The van der Waals surface area contributed by atoms with Crippen LogP contribution in [0.3, 0.4) is 0 Å². The number of anilines is 2. The first-order chi connectivity index (χ1) is 9.98. The van der Waals surface area contributed by atoms with Crippen molar-refractivity contribution in [2.24, 2.45) is 5.41 Å². The van der Waals surface area contributed by atoms with Gasteiger partial charge >= 0.3 is 0 Å². The van der Waals surface area contributed by atoms with Gasteiger partial charge in [0, 0.05) is 12.2 Å². The third-order valence-corrected chi connectivity index (χ3v) is 4.98. The van der Waals surface area contributed by atoms with Crippen LogP contribution in [-0.2, 0) is 4.79 Å². The van der Waals surface area contributed by atoms with Crippen LogP contribution in [0.5, 0.6) is 0 Å². The summed E-state index contributed by atoms with van der Waals surface area (Å²) in [6.45, 7) is 6.86. The molecule has 0 aliphatic carbocycles. The molecule has 2 rings (SSSR count). The lowest BCUT2D eigenvalue weighted by Crippen LogP contribution is -2.33. The van der Waals surface area contributed by atoms with E-state index in [1.165, 1.54) is 19.3 Å². The molecule has 0 radical (unpaired) electrons. The summed E-state index contributed by atoms with van der Waals surface area (Å²) in [7, 11) is 0. The first-order valence-corrected chi connectivity index (χ1v) is 7.93. The predicted molar refractivity (Wildman–Crippen MR) is 88.6 cm³/mol. The Balaban J connectivity index is 1.92. The summed E-state index contributed by atoms with van der Waals surface area (Å²) in [5, 5.41) is 3.36. The monoisotopic (exact) mass is 309 g/mol. The summed E-state index contributed by atoms with van der Waals surface area (Å²) in [5.74, 6) is -0.0366. The average molecular weight is 310 g/mol. The zero-order valence-corrected chi connectivity index (χ0v) is 13.5. The van der Waals surface area contributed by atoms with Crippen molar-refractivity contribution in [3.05, 3.63) is 23.2 Å². The molecule has 1 fully saturated rings. The van der Waals surface area contributed by atoms with Crippen LogP contribution in [0, 0.1) is 5.41 Å². The topological polar surface area (TPSA) is 58.4 Å². The summed E-state index contributed by atoms with van der Waals surface area (Å²) in [6, 6.07) is 5.10. The van der Waals surface area contributed by atoms with Crippen LogP contribution in [0.25, 0.3) is 0 Å². The Labute approximate surface area is 131 Å². The fourth-order valence-corrected chi connectivity index (χ4v) is 3.19. The molecule has 1 aromatic carbocycles. The molecule has 0 spiro atoms. The van der Waals surface area contributed by atoms with Gasteiger partial charge in [0.25, 0.3) is 0 Å². The van der Waals surface area contributed by atoms with Crippen LogP contribution in [0.2, 0.25) is 5.02 Å². The molecular weight excluding hydrogens is 286 g/mol. The van der Waals surface area contributed by atoms with Gasteiger partial charge in [-0.3, -0.25) is 9.69 Å². The minimum Gasteiger partial charge on any atom is -0.399 e. The standard InChI is InChI=1S/C16H24ClN3O/c1-3-16(4-2)7-8-20(11-16)10-15(21)19-14-9-12(18)5-6-13(14)17/h5-6,9H,3-4,7-8,10-11,18H2,1-2H3,(H,19,21). The van der Waals surface area contributed by atoms with Gasteiger partial charge in [-0.05, 0) is 49.4 Å². The Morgan fingerprint density at radius 1 is 1.43 bits per heavy atom. The van der Waals surface area contributed by atoms with Crippen LogP contribution in [0.15, 0.2) is 18.2 Å². The second-order valence-electron chi connectivity index (χ2n) is 5.96. The quantitative estimate of drug-likeness (QED) is 0.820. The van der Waals surface area contributed by atoms with Crippen molar-refractivity contribution in [1.82, 2.24) is 4.90 Å². The first-order valence-electron chi connectivity index (χ1n) is 7.55. The number of hydrogen-bond acceptors (Lipinski definition) is 3. The maximum absolute atomic E-state index is 12.2. The molecule has 3 N–H and O–H groups in total. The molecule has 0 saturated carbocycles. The van der Waals surface area contributed by atoms with Gasteiger partial charge < -0.3 is 11.1 Å². The van der Waals surface area contributed by atoms with E-state index < -0.39 is 0 Å². The number of carbonyl (C=O) groups excluding carboxylic acids is 1. The van der Waals surface area contributed by atoms with Gasteiger partial charge in [-0.2, -0.15) is 0 Å². The number of nitrogen functional groups attached to an aromatic ring is 1. The number of nitrogens with two attached hydrogens (primary N) is 1. The van der Waals surface area contributed by atoms with Crippen molar-refractivity contribution in [2.75, 3.05) is 30.7 Å². The molecule has 4 nitrogen and oxygen atoms in total. The largest absolute Gasteiger partial charge is 0.399 e. The maximum Gasteiger partial charge on any atom is 0.238 e. The van der Waals surface area contributed by atoms with Gasteiger partial charge in [0.15, 0.2) is 0 Å². The third kappa shape index (κ3) is 3.89. The molecule has 0 unspecified atom stereocenters. The van der Waals surface area contributed by atoms with Crippen LogP contribution in [0.1, 0.15) is 33.1 Å². The summed E-state index contributed by atoms with van der Waals surface area (Å²) < 4.78 is 0. The Bertz CT molecular complexity index is 514. The summed E-state index contributed by atoms with van der Waals surface area (Å²) >= 11 is 6.06. The first kappa shape index (κ1) is 16.1. The minimum absolute atomic E-state index is 0.0366. The third-order valence-electron chi connectivity index (χ3n) is 4.65. The molecule has 1 aliphatic heterocycles. The lowest BCUT2D eigenvalue weighted by molar-refractivity contribution is -0.117. The average Bonchev–Trinajstić information content (AvgIpc) is 2.87. The maximum atomic E-state index is 12.2. The SMILES string of the molecule is CCC1(CC)CCN(CC(=O)Nc2cc(N)ccc2Cl)C1. The molecule has 0 atom stereocenters. The Morgan fingerprint density at radius 3 is 2.76 bits per heavy atom. The number of likely N-dealkylation sites (tertiary alicyclic amines) is 1. The fraction of sp³-hybridized carbons (Fsp3) is 0.562. The van der Waals surface area contributed by atoms with E-state index in [1.54, 1.807) is 18.2 Å².